The molecule has 286 valence electrons. The molecule has 0 saturated carbocycles. The minimum absolute atomic E-state index is 0.157. The summed E-state index contributed by atoms with van der Waals surface area (Å²) in [6, 6.07) is 76.1. The third-order valence-electron chi connectivity index (χ3n) is 14.9. The van der Waals surface area contributed by atoms with E-state index in [0.29, 0.717) is 0 Å². The van der Waals surface area contributed by atoms with Crippen LogP contribution in [0.3, 0.4) is 0 Å². The maximum atomic E-state index is 6.56. The Morgan fingerprint density at radius 1 is 0.377 bits per heavy atom. The molecule has 1 aromatic heterocycles. The van der Waals surface area contributed by atoms with E-state index in [1.54, 1.807) is 0 Å². The van der Waals surface area contributed by atoms with Gasteiger partial charge in [0, 0.05) is 21.9 Å². The zero-order chi connectivity index (χ0) is 40.2. The second kappa shape index (κ2) is 11.5. The highest BCUT2D eigenvalue weighted by Crippen LogP contribution is 2.62. The lowest BCUT2D eigenvalue weighted by atomic mass is 9.53. The molecule has 2 spiro atoms. The van der Waals surface area contributed by atoms with Crippen molar-refractivity contribution < 1.29 is 4.42 Å². The number of benzene rings is 9. The average Bonchev–Trinajstić information content (AvgIpc) is 3.93. The van der Waals surface area contributed by atoms with E-state index in [1.807, 2.05) is 0 Å². The predicted octanol–water partition coefficient (Wildman–Crippen LogP) is 11.7. The number of anilines is 3. The van der Waals surface area contributed by atoms with Gasteiger partial charge in [-0.15, -0.1) is 0 Å². The molecule has 2 nitrogen and oxygen atoms in total. The third kappa shape index (κ3) is 3.90. The van der Waals surface area contributed by atoms with Gasteiger partial charge in [0.15, 0.2) is 8.07 Å². The molecule has 4 heterocycles. The van der Waals surface area contributed by atoms with Crippen molar-refractivity contribution in [2.45, 2.75) is 24.7 Å². The largest absolute Gasteiger partial charge is 0.456 e. The van der Waals surface area contributed by atoms with E-state index in [0.717, 1.165) is 11.2 Å². The minimum atomic E-state index is -2.83. The fourth-order valence-corrected chi connectivity index (χ4v) is 18.2. The lowest BCUT2D eigenvalue weighted by Crippen LogP contribution is -2.70. The van der Waals surface area contributed by atoms with Crippen LogP contribution in [0.5, 0.6) is 0 Å². The second-order valence-corrected chi connectivity index (χ2v) is 21.6. The molecule has 4 aliphatic rings. The molecule has 0 amide bonds. The fraction of sp³-hybridized carbons (Fsp3) is 0.0690. The molecule has 0 N–H and O–H groups in total. The number of hydrogen-bond donors (Lipinski definition) is 0. The lowest BCUT2D eigenvalue weighted by molar-refractivity contribution is 0.556. The number of furan rings is 1. The molecule has 3 heteroatoms. The summed E-state index contributed by atoms with van der Waals surface area (Å²) in [7, 11) is -2.83. The standard InChI is InChI=1S/C58H39NOSi/c1-57(2)43-20-6-8-22-45(43)58(46-23-9-7-21-44(46)57)47-24-10-12-26-49(47)59(50-27-13-11-25-48(50)58)36-31-32-40-38-18-4-15-29-53(38)61(55(40)33-36)54-30-16-5-19-39(54)42-34-52-41(35-56(42)61)37-17-3-14-28-51(37)60-52/h3-35H,1-2H3. The number of hydrogen-bond acceptors (Lipinski definition) is 2. The second-order valence-electron chi connectivity index (χ2n) is 17.9. The lowest BCUT2D eigenvalue weighted by Gasteiger charge is -2.52. The van der Waals surface area contributed by atoms with Crippen molar-refractivity contribution in [1.82, 2.24) is 0 Å². The first-order valence-corrected chi connectivity index (χ1v) is 23.5. The third-order valence-corrected chi connectivity index (χ3v) is 19.9. The van der Waals surface area contributed by atoms with Crippen molar-refractivity contribution in [3.05, 3.63) is 234 Å². The van der Waals surface area contributed by atoms with E-state index >= 15 is 0 Å². The van der Waals surface area contributed by atoms with Crippen molar-refractivity contribution >= 4 is 67.8 Å². The molecule has 0 saturated heterocycles. The van der Waals surface area contributed by atoms with E-state index in [1.165, 1.54) is 104 Å². The summed E-state index contributed by atoms with van der Waals surface area (Å²) in [5, 5.41) is 8.20. The van der Waals surface area contributed by atoms with Crippen LogP contribution in [0.1, 0.15) is 47.2 Å². The zero-order valence-corrected chi connectivity index (χ0v) is 34.9. The fourth-order valence-electron chi connectivity index (χ4n) is 12.6. The molecular formula is C58H39NOSi. The number of nitrogens with zero attached hydrogens (tertiary/aromatic N) is 1. The SMILES string of the molecule is CC1(C)c2ccccc2C2(c3ccccc3N(c3ccc4c(c3)[Si]3(c5ccccc5-4)c4ccccc4-c4cc5oc6ccccc6c5cc43)c3ccccc32)c2ccccc21. The van der Waals surface area contributed by atoms with Crippen molar-refractivity contribution in [3.8, 4) is 22.3 Å². The Hall–Kier alpha value is -7.20. The van der Waals surface area contributed by atoms with Gasteiger partial charge >= 0.3 is 0 Å². The van der Waals surface area contributed by atoms with E-state index in [4.69, 9.17) is 4.42 Å². The molecule has 10 aromatic rings. The van der Waals surface area contributed by atoms with Gasteiger partial charge in [-0.1, -0.05) is 172 Å². The molecular weight excluding hydrogens is 755 g/mol. The topological polar surface area (TPSA) is 16.4 Å². The summed E-state index contributed by atoms with van der Waals surface area (Å²) in [4.78, 5) is 2.57. The Kier molecular flexibility index (Phi) is 6.36. The number of fused-ring (bicyclic) bond motifs is 21. The van der Waals surface area contributed by atoms with E-state index in [-0.39, 0.29) is 5.41 Å². The highest BCUT2D eigenvalue weighted by atomic mass is 28.3. The Labute approximate surface area is 356 Å². The molecule has 1 atom stereocenters. The number of para-hydroxylation sites is 3. The minimum Gasteiger partial charge on any atom is -0.456 e. The molecule has 1 unspecified atom stereocenters. The van der Waals surface area contributed by atoms with Gasteiger partial charge in [-0.05, 0) is 119 Å². The molecule has 9 aromatic carbocycles. The van der Waals surface area contributed by atoms with Crippen LogP contribution in [0, 0.1) is 0 Å². The van der Waals surface area contributed by atoms with Gasteiger partial charge in [-0.3, -0.25) is 0 Å². The van der Waals surface area contributed by atoms with Gasteiger partial charge in [0.2, 0.25) is 0 Å². The highest BCUT2D eigenvalue weighted by Gasteiger charge is 2.56. The molecule has 14 rings (SSSR count). The van der Waals surface area contributed by atoms with Gasteiger partial charge in [-0.2, -0.15) is 0 Å². The summed E-state index contributed by atoms with van der Waals surface area (Å²) in [5.74, 6) is 0. The highest BCUT2D eigenvalue weighted by molar-refractivity contribution is 7.24. The first-order chi connectivity index (χ1) is 30.0. The molecule has 0 fully saturated rings. The first-order valence-electron chi connectivity index (χ1n) is 21.5. The van der Waals surface area contributed by atoms with Crippen LogP contribution < -0.4 is 25.6 Å². The molecule has 1 aliphatic carbocycles. The monoisotopic (exact) mass is 793 g/mol. The summed E-state index contributed by atoms with van der Waals surface area (Å²) in [6.45, 7) is 4.79. The summed E-state index contributed by atoms with van der Waals surface area (Å²) < 4.78 is 6.56. The van der Waals surface area contributed by atoms with Gasteiger partial charge in [0.25, 0.3) is 0 Å². The van der Waals surface area contributed by atoms with Crippen molar-refractivity contribution in [2.24, 2.45) is 0 Å². The zero-order valence-electron chi connectivity index (χ0n) is 33.9. The van der Waals surface area contributed by atoms with Gasteiger partial charge in [-0.25, -0.2) is 0 Å². The maximum absolute atomic E-state index is 6.56. The summed E-state index contributed by atoms with van der Waals surface area (Å²) in [6.07, 6.45) is 0. The van der Waals surface area contributed by atoms with Gasteiger partial charge in [0.1, 0.15) is 11.2 Å². The van der Waals surface area contributed by atoms with Crippen LogP contribution >= 0.6 is 0 Å². The Morgan fingerprint density at radius 2 is 0.869 bits per heavy atom. The van der Waals surface area contributed by atoms with Gasteiger partial charge in [0.05, 0.1) is 16.8 Å². The van der Waals surface area contributed by atoms with E-state index in [9.17, 15) is 0 Å². The Bertz CT molecular complexity index is 3460. The van der Waals surface area contributed by atoms with Crippen LogP contribution in [0.25, 0.3) is 44.2 Å². The van der Waals surface area contributed by atoms with Crippen LogP contribution in [0.2, 0.25) is 0 Å². The van der Waals surface area contributed by atoms with Crippen LogP contribution in [-0.4, -0.2) is 8.07 Å². The molecule has 61 heavy (non-hydrogen) atoms. The van der Waals surface area contributed by atoms with Crippen LogP contribution in [0.4, 0.5) is 17.1 Å². The van der Waals surface area contributed by atoms with Crippen LogP contribution in [0.15, 0.2) is 205 Å². The molecule has 3 aliphatic heterocycles. The smallest absolute Gasteiger partial charge is 0.182 e. The summed E-state index contributed by atoms with van der Waals surface area (Å²) in [5.41, 5.74) is 18.3. The predicted molar refractivity (Wildman–Crippen MR) is 254 cm³/mol. The molecule has 0 bridgehead atoms. The van der Waals surface area contributed by atoms with Crippen molar-refractivity contribution in [2.75, 3.05) is 4.90 Å². The normalized spacial score (nSPS) is 17.6. The van der Waals surface area contributed by atoms with Crippen molar-refractivity contribution in [1.29, 1.82) is 0 Å². The summed E-state index contributed by atoms with van der Waals surface area (Å²) >= 11 is 0. The van der Waals surface area contributed by atoms with E-state index in [2.05, 4.69) is 219 Å². The Morgan fingerprint density at radius 3 is 1.52 bits per heavy atom. The number of rotatable bonds is 1. The van der Waals surface area contributed by atoms with E-state index < -0.39 is 13.5 Å². The van der Waals surface area contributed by atoms with Crippen molar-refractivity contribution in [3.63, 3.8) is 0 Å². The van der Waals surface area contributed by atoms with Crippen LogP contribution in [-0.2, 0) is 10.8 Å². The Balaban J connectivity index is 1.07. The average molecular weight is 794 g/mol. The van der Waals surface area contributed by atoms with Gasteiger partial charge < -0.3 is 9.32 Å². The quantitative estimate of drug-likeness (QED) is 0.154. The maximum Gasteiger partial charge on any atom is 0.182 e. The molecule has 0 radical (unpaired) electrons. The first kappa shape index (κ1) is 33.6.